The minimum absolute atomic E-state index is 0. The van der Waals surface area contributed by atoms with E-state index < -0.39 is 0 Å². The first-order valence-corrected chi connectivity index (χ1v) is 9.31. The van der Waals surface area contributed by atoms with Crippen LogP contribution in [0.2, 0.25) is 0 Å². The Bertz CT molecular complexity index is 717. The number of amides is 1. The summed E-state index contributed by atoms with van der Waals surface area (Å²) in [7, 11) is 0. The first kappa shape index (κ1) is 18.2. The average molecular weight is 363 g/mol. The van der Waals surface area contributed by atoms with Crippen molar-refractivity contribution in [2.24, 2.45) is 5.92 Å². The van der Waals surface area contributed by atoms with Crippen molar-refractivity contribution in [3.8, 4) is 0 Å². The number of para-hydroxylation sites is 2. The molecule has 1 saturated heterocycles. The van der Waals surface area contributed by atoms with Gasteiger partial charge in [0.2, 0.25) is 11.9 Å². The molecule has 4 rings (SSSR count). The summed E-state index contributed by atoms with van der Waals surface area (Å²) in [4.78, 5) is 17.4. The van der Waals surface area contributed by atoms with Gasteiger partial charge in [-0.15, -0.1) is 12.4 Å². The number of halogens is 1. The van der Waals surface area contributed by atoms with Crippen LogP contribution in [-0.4, -0.2) is 28.5 Å². The first-order valence-electron chi connectivity index (χ1n) is 9.31. The van der Waals surface area contributed by atoms with E-state index in [0.29, 0.717) is 6.04 Å². The van der Waals surface area contributed by atoms with E-state index in [9.17, 15) is 4.79 Å². The molecule has 2 heterocycles. The van der Waals surface area contributed by atoms with Crippen molar-refractivity contribution in [1.82, 2.24) is 14.9 Å². The van der Waals surface area contributed by atoms with Gasteiger partial charge in [-0.1, -0.05) is 31.4 Å². The third kappa shape index (κ3) is 3.82. The molecule has 136 valence electrons. The molecular formula is C19H27ClN4O. The van der Waals surface area contributed by atoms with Crippen LogP contribution in [0.4, 0.5) is 5.95 Å². The zero-order valence-corrected chi connectivity index (χ0v) is 15.4. The Labute approximate surface area is 155 Å². The molecule has 1 saturated carbocycles. The fourth-order valence-corrected chi connectivity index (χ4v) is 4.14. The lowest BCUT2D eigenvalue weighted by molar-refractivity contribution is -0.120. The van der Waals surface area contributed by atoms with Gasteiger partial charge in [0.25, 0.3) is 0 Å². The molecule has 5 nitrogen and oxygen atoms in total. The van der Waals surface area contributed by atoms with E-state index in [4.69, 9.17) is 4.98 Å². The third-order valence-corrected chi connectivity index (χ3v) is 5.48. The smallest absolute Gasteiger partial charge is 0.229 e. The highest BCUT2D eigenvalue weighted by atomic mass is 35.5. The summed E-state index contributed by atoms with van der Waals surface area (Å²) in [6.45, 7) is 1.86. The summed E-state index contributed by atoms with van der Waals surface area (Å²) in [6, 6.07) is 8.68. The molecule has 1 aliphatic heterocycles. The third-order valence-electron chi connectivity index (χ3n) is 5.48. The van der Waals surface area contributed by atoms with Crippen LogP contribution in [-0.2, 0) is 4.79 Å². The molecule has 0 unspecified atom stereocenters. The van der Waals surface area contributed by atoms with Crippen LogP contribution >= 0.6 is 12.4 Å². The van der Waals surface area contributed by atoms with Gasteiger partial charge in [-0.05, 0) is 50.9 Å². The van der Waals surface area contributed by atoms with Crippen LogP contribution in [0.25, 0.3) is 11.0 Å². The number of imidazole rings is 1. The van der Waals surface area contributed by atoms with Gasteiger partial charge in [-0.25, -0.2) is 4.98 Å². The van der Waals surface area contributed by atoms with Gasteiger partial charge in [0, 0.05) is 12.0 Å². The molecule has 0 spiro atoms. The predicted octanol–water partition coefficient (Wildman–Crippen LogP) is 3.90. The number of carbonyl (C=O) groups excluding carboxylic acids is 1. The van der Waals surface area contributed by atoms with Crippen molar-refractivity contribution in [1.29, 1.82) is 0 Å². The molecule has 2 aliphatic rings. The maximum absolute atomic E-state index is 12.7. The second-order valence-electron chi connectivity index (χ2n) is 7.10. The molecular weight excluding hydrogens is 336 g/mol. The molecule has 2 fully saturated rings. The average Bonchev–Trinajstić information content (AvgIpc) is 3.01. The first-order chi connectivity index (χ1) is 11.8. The fourth-order valence-electron chi connectivity index (χ4n) is 4.14. The number of piperidine rings is 1. The summed E-state index contributed by atoms with van der Waals surface area (Å²) in [5, 5.41) is 6.47. The molecule has 2 N–H and O–H groups in total. The Morgan fingerprint density at radius 2 is 1.80 bits per heavy atom. The number of rotatable bonds is 3. The van der Waals surface area contributed by atoms with E-state index in [0.717, 1.165) is 42.9 Å². The van der Waals surface area contributed by atoms with Crippen LogP contribution in [0.3, 0.4) is 0 Å². The van der Waals surface area contributed by atoms with E-state index in [1.807, 2.05) is 12.1 Å². The van der Waals surface area contributed by atoms with Crippen molar-refractivity contribution < 1.29 is 4.79 Å². The number of anilines is 1. The van der Waals surface area contributed by atoms with Crippen molar-refractivity contribution in [2.75, 3.05) is 18.4 Å². The molecule has 0 radical (unpaired) electrons. The summed E-state index contributed by atoms with van der Waals surface area (Å²) >= 11 is 0. The molecule has 2 aromatic rings. The van der Waals surface area contributed by atoms with Gasteiger partial charge in [0.15, 0.2) is 0 Å². The Hall–Kier alpha value is -1.59. The van der Waals surface area contributed by atoms with Crippen molar-refractivity contribution in [3.05, 3.63) is 24.3 Å². The van der Waals surface area contributed by atoms with Crippen LogP contribution < -0.4 is 10.6 Å². The van der Waals surface area contributed by atoms with Gasteiger partial charge in [-0.2, -0.15) is 0 Å². The lowest BCUT2D eigenvalue weighted by atomic mass is 9.95. The Kier molecular flexibility index (Phi) is 5.97. The number of fused-ring (bicyclic) bond motifs is 1. The summed E-state index contributed by atoms with van der Waals surface area (Å²) in [6.07, 6.45) is 8.02. The van der Waals surface area contributed by atoms with Crippen molar-refractivity contribution in [3.63, 3.8) is 0 Å². The van der Waals surface area contributed by atoms with Gasteiger partial charge >= 0.3 is 0 Å². The fraction of sp³-hybridized carbons (Fsp3) is 0.579. The Morgan fingerprint density at radius 1 is 1.08 bits per heavy atom. The van der Waals surface area contributed by atoms with Crippen LogP contribution in [0.15, 0.2) is 24.3 Å². The highest BCUT2D eigenvalue weighted by molar-refractivity contribution is 5.93. The summed E-state index contributed by atoms with van der Waals surface area (Å²) in [5.41, 5.74) is 2.12. The second-order valence-corrected chi connectivity index (χ2v) is 7.10. The number of carbonyl (C=O) groups is 1. The SMILES string of the molecule is Cl.O=C(Nc1nc2ccccc2n1C1CCCCC1)C1CCNCC1. The standard InChI is InChI=1S/C19H26N4O.ClH/c24-18(14-10-12-20-13-11-14)22-19-21-16-8-4-5-9-17(16)23(19)15-6-2-1-3-7-15;/h4-5,8-9,14-15,20H,1-3,6-7,10-13H2,(H,21,22,24);1H. The maximum atomic E-state index is 12.7. The molecule has 6 heteroatoms. The quantitative estimate of drug-likeness (QED) is 0.870. The highest BCUT2D eigenvalue weighted by Crippen LogP contribution is 2.34. The lowest BCUT2D eigenvalue weighted by Crippen LogP contribution is -2.35. The molecule has 1 aromatic carbocycles. The summed E-state index contributed by atoms with van der Waals surface area (Å²) < 4.78 is 2.29. The van der Waals surface area contributed by atoms with Gasteiger partial charge in [0.1, 0.15) is 0 Å². The number of hydrogen-bond donors (Lipinski definition) is 2. The number of nitrogens with one attached hydrogen (secondary N) is 2. The molecule has 0 bridgehead atoms. The summed E-state index contributed by atoms with van der Waals surface area (Å²) in [5.74, 6) is 0.973. The molecule has 1 aliphatic carbocycles. The maximum Gasteiger partial charge on any atom is 0.229 e. The number of nitrogens with zero attached hydrogens (tertiary/aromatic N) is 2. The second kappa shape index (κ2) is 8.19. The van der Waals surface area contributed by atoms with E-state index in [1.54, 1.807) is 0 Å². The van der Waals surface area contributed by atoms with E-state index in [2.05, 4.69) is 27.3 Å². The molecule has 0 atom stereocenters. The topological polar surface area (TPSA) is 59.0 Å². The highest BCUT2D eigenvalue weighted by Gasteiger charge is 2.25. The number of aromatic nitrogens is 2. The van der Waals surface area contributed by atoms with Crippen molar-refractivity contribution in [2.45, 2.75) is 51.0 Å². The van der Waals surface area contributed by atoms with Crippen LogP contribution in [0.1, 0.15) is 51.0 Å². The van der Waals surface area contributed by atoms with Gasteiger partial charge < -0.3 is 9.88 Å². The van der Waals surface area contributed by atoms with E-state index in [1.165, 1.54) is 32.1 Å². The van der Waals surface area contributed by atoms with Gasteiger partial charge in [0.05, 0.1) is 11.0 Å². The molecule has 25 heavy (non-hydrogen) atoms. The Morgan fingerprint density at radius 3 is 2.56 bits per heavy atom. The zero-order chi connectivity index (χ0) is 16.4. The molecule has 1 amide bonds. The Balaban J connectivity index is 0.00000182. The van der Waals surface area contributed by atoms with Crippen LogP contribution in [0.5, 0.6) is 0 Å². The number of hydrogen-bond acceptors (Lipinski definition) is 3. The van der Waals surface area contributed by atoms with E-state index in [-0.39, 0.29) is 24.2 Å². The van der Waals surface area contributed by atoms with Crippen LogP contribution in [0, 0.1) is 5.92 Å². The largest absolute Gasteiger partial charge is 0.317 e. The molecule has 1 aromatic heterocycles. The zero-order valence-electron chi connectivity index (χ0n) is 14.5. The van der Waals surface area contributed by atoms with Crippen molar-refractivity contribution >= 4 is 35.3 Å². The minimum atomic E-state index is 0. The lowest BCUT2D eigenvalue weighted by Gasteiger charge is -2.26. The predicted molar refractivity (Wildman–Crippen MR) is 103 cm³/mol. The normalized spacial score (nSPS) is 19.5. The van der Waals surface area contributed by atoms with Gasteiger partial charge in [-0.3, -0.25) is 10.1 Å². The van der Waals surface area contributed by atoms with E-state index >= 15 is 0 Å². The minimum Gasteiger partial charge on any atom is -0.317 e. The monoisotopic (exact) mass is 362 g/mol. The number of benzene rings is 1.